The number of nitrogens with zero attached hydrogens (tertiary/aromatic N) is 3. The number of nitrogen functional groups attached to an aromatic ring is 2. The first-order valence-corrected chi connectivity index (χ1v) is 6.32. The van der Waals surface area contributed by atoms with Crippen molar-refractivity contribution in [2.45, 2.75) is 13.5 Å². The number of methoxy groups -OCH3 is 1. The van der Waals surface area contributed by atoms with Crippen LogP contribution in [-0.2, 0) is 6.61 Å². The Labute approximate surface area is 122 Å². The molecule has 2 aromatic rings. The smallest absolute Gasteiger partial charge is 0.225 e. The van der Waals surface area contributed by atoms with Gasteiger partial charge in [0, 0.05) is 0 Å². The van der Waals surface area contributed by atoms with Crippen LogP contribution >= 0.6 is 0 Å². The molecule has 0 radical (unpaired) electrons. The lowest BCUT2D eigenvalue weighted by atomic mass is 10.2. The number of hydrogen-bond acceptors (Lipinski definition) is 7. The molecule has 21 heavy (non-hydrogen) atoms. The highest BCUT2D eigenvalue weighted by Gasteiger charge is 2.07. The standard InChI is InChI=1S/C14H17N5O2/c1-3-4-9-5-6-10(11(7-9)20-2)21-8-12-17-13(15)19-14(16)18-12/h3-7H,8H2,1-2H3,(H4,15,16,17,18,19)/b4-3+. The van der Waals surface area contributed by atoms with Gasteiger partial charge in [0.2, 0.25) is 11.9 Å². The summed E-state index contributed by atoms with van der Waals surface area (Å²) >= 11 is 0. The van der Waals surface area contributed by atoms with Gasteiger partial charge in [0.25, 0.3) is 0 Å². The van der Waals surface area contributed by atoms with E-state index in [2.05, 4.69) is 15.0 Å². The molecular formula is C14H17N5O2. The highest BCUT2D eigenvalue weighted by Crippen LogP contribution is 2.29. The highest BCUT2D eigenvalue weighted by molar-refractivity contribution is 5.55. The van der Waals surface area contributed by atoms with Crippen molar-refractivity contribution in [1.82, 2.24) is 15.0 Å². The van der Waals surface area contributed by atoms with Crippen LogP contribution < -0.4 is 20.9 Å². The number of hydrogen-bond donors (Lipinski definition) is 2. The van der Waals surface area contributed by atoms with Gasteiger partial charge in [0.15, 0.2) is 17.3 Å². The number of ether oxygens (including phenoxy) is 2. The van der Waals surface area contributed by atoms with Crippen LogP contribution in [0.3, 0.4) is 0 Å². The number of rotatable bonds is 5. The summed E-state index contributed by atoms with van der Waals surface area (Å²) in [5.74, 6) is 1.71. The SMILES string of the molecule is C/C=C/c1ccc(OCc2nc(N)nc(N)n2)c(OC)c1. The van der Waals surface area contributed by atoms with Gasteiger partial charge in [0.1, 0.15) is 6.61 Å². The first-order chi connectivity index (χ1) is 10.1. The lowest BCUT2D eigenvalue weighted by Crippen LogP contribution is -2.09. The summed E-state index contributed by atoms with van der Waals surface area (Å²) in [5, 5.41) is 0. The Kier molecular flexibility index (Phi) is 4.55. The van der Waals surface area contributed by atoms with Gasteiger partial charge in [0.05, 0.1) is 7.11 Å². The van der Waals surface area contributed by atoms with E-state index >= 15 is 0 Å². The predicted octanol–water partition coefficient (Wildman–Crippen LogP) is 1.66. The van der Waals surface area contributed by atoms with E-state index in [1.807, 2.05) is 37.3 Å². The Hall–Kier alpha value is -2.83. The monoisotopic (exact) mass is 287 g/mol. The Bertz CT molecular complexity index is 638. The maximum absolute atomic E-state index is 5.64. The Morgan fingerprint density at radius 1 is 1.10 bits per heavy atom. The fraction of sp³-hybridized carbons (Fsp3) is 0.214. The van der Waals surface area contributed by atoms with E-state index in [4.69, 9.17) is 20.9 Å². The molecule has 7 nitrogen and oxygen atoms in total. The third-order valence-electron chi connectivity index (χ3n) is 2.62. The van der Waals surface area contributed by atoms with Crippen molar-refractivity contribution in [3.63, 3.8) is 0 Å². The van der Waals surface area contributed by atoms with E-state index in [1.54, 1.807) is 7.11 Å². The fourth-order valence-corrected chi connectivity index (χ4v) is 1.76. The minimum Gasteiger partial charge on any atom is -0.493 e. The van der Waals surface area contributed by atoms with E-state index in [0.29, 0.717) is 17.3 Å². The summed E-state index contributed by atoms with van der Waals surface area (Å²) in [7, 11) is 1.58. The second-order valence-electron chi connectivity index (χ2n) is 4.17. The molecule has 0 bridgehead atoms. The van der Waals surface area contributed by atoms with Gasteiger partial charge in [-0.1, -0.05) is 18.2 Å². The van der Waals surface area contributed by atoms with Crippen molar-refractivity contribution in [3.8, 4) is 11.5 Å². The maximum Gasteiger partial charge on any atom is 0.225 e. The largest absolute Gasteiger partial charge is 0.493 e. The van der Waals surface area contributed by atoms with Crippen LogP contribution in [-0.4, -0.2) is 22.1 Å². The molecule has 0 saturated heterocycles. The van der Waals surface area contributed by atoms with Gasteiger partial charge >= 0.3 is 0 Å². The van der Waals surface area contributed by atoms with Crippen LogP contribution in [0, 0.1) is 0 Å². The summed E-state index contributed by atoms with van der Waals surface area (Å²) in [5.41, 5.74) is 12.0. The zero-order valence-corrected chi connectivity index (χ0v) is 11.9. The Morgan fingerprint density at radius 3 is 2.43 bits per heavy atom. The van der Waals surface area contributed by atoms with E-state index in [9.17, 15) is 0 Å². The van der Waals surface area contributed by atoms with Crippen molar-refractivity contribution >= 4 is 18.0 Å². The summed E-state index contributed by atoms with van der Waals surface area (Å²) in [6.07, 6.45) is 3.92. The van der Waals surface area contributed by atoms with Gasteiger partial charge in [-0.05, 0) is 24.6 Å². The number of aromatic nitrogens is 3. The minimum atomic E-state index is 0.0662. The Balaban J connectivity index is 2.15. The first-order valence-electron chi connectivity index (χ1n) is 6.32. The van der Waals surface area contributed by atoms with Crippen LogP contribution in [0.5, 0.6) is 11.5 Å². The zero-order valence-electron chi connectivity index (χ0n) is 11.9. The molecule has 7 heteroatoms. The molecule has 1 aromatic carbocycles. The minimum absolute atomic E-state index is 0.0662. The molecule has 0 aliphatic heterocycles. The summed E-state index contributed by atoms with van der Waals surface area (Å²) in [4.78, 5) is 11.6. The molecule has 2 rings (SSSR count). The van der Waals surface area contributed by atoms with E-state index in [-0.39, 0.29) is 18.5 Å². The van der Waals surface area contributed by atoms with Gasteiger partial charge in [-0.15, -0.1) is 0 Å². The molecule has 1 heterocycles. The molecule has 110 valence electrons. The lowest BCUT2D eigenvalue weighted by molar-refractivity contribution is 0.276. The molecule has 1 aromatic heterocycles. The summed E-state index contributed by atoms with van der Waals surface area (Å²) < 4.78 is 11.0. The molecule has 0 saturated carbocycles. The summed E-state index contributed by atoms with van der Waals surface area (Å²) in [6.45, 7) is 2.07. The van der Waals surface area contributed by atoms with Gasteiger partial charge < -0.3 is 20.9 Å². The van der Waals surface area contributed by atoms with Crippen LogP contribution in [0.25, 0.3) is 6.08 Å². The van der Waals surface area contributed by atoms with Gasteiger partial charge in [-0.25, -0.2) is 0 Å². The van der Waals surface area contributed by atoms with E-state index < -0.39 is 0 Å². The van der Waals surface area contributed by atoms with Crippen LogP contribution in [0.2, 0.25) is 0 Å². The molecule has 0 aliphatic carbocycles. The third kappa shape index (κ3) is 3.82. The molecule has 0 aliphatic rings. The van der Waals surface area contributed by atoms with Gasteiger partial charge in [-0.3, -0.25) is 0 Å². The lowest BCUT2D eigenvalue weighted by Gasteiger charge is -2.11. The normalized spacial score (nSPS) is 10.8. The predicted molar refractivity (Wildman–Crippen MR) is 80.7 cm³/mol. The number of anilines is 2. The van der Waals surface area contributed by atoms with Crippen molar-refractivity contribution in [1.29, 1.82) is 0 Å². The molecule has 0 fully saturated rings. The molecule has 0 amide bonds. The molecular weight excluding hydrogens is 270 g/mol. The van der Waals surface area contributed by atoms with E-state index in [1.165, 1.54) is 0 Å². The summed E-state index contributed by atoms with van der Waals surface area (Å²) in [6, 6.07) is 5.63. The van der Waals surface area contributed by atoms with E-state index in [0.717, 1.165) is 5.56 Å². The van der Waals surface area contributed by atoms with Gasteiger partial charge in [-0.2, -0.15) is 15.0 Å². The van der Waals surface area contributed by atoms with Crippen LogP contribution in [0.4, 0.5) is 11.9 Å². The first kappa shape index (κ1) is 14.6. The second kappa shape index (κ2) is 6.56. The van der Waals surface area contributed by atoms with Crippen molar-refractivity contribution < 1.29 is 9.47 Å². The van der Waals surface area contributed by atoms with Crippen molar-refractivity contribution in [2.24, 2.45) is 0 Å². The highest BCUT2D eigenvalue weighted by atomic mass is 16.5. The Morgan fingerprint density at radius 2 is 1.81 bits per heavy atom. The number of nitrogens with two attached hydrogens (primary N) is 2. The molecule has 0 spiro atoms. The average molecular weight is 287 g/mol. The molecule has 4 N–H and O–H groups in total. The number of allylic oxidation sites excluding steroid dienone is 1. The third-order valence-corrected chi connectivity index (χ3v) is 2.62. The van der Waals surface area contributed by atoms with Crippen LogP contribution in [0.15, 0.2) is 24.3 Å². The number of benzene rings is 1. The van der Waals surface area contributed by atoms with Crippen LogP contribution in [0.1, 0.15) is 18.3 Å². The molecule has 0 unspecified atom stereocenters. The topological polar surface area (TPSA) is 109 Å². The fourth-order valence-electron chi connectivity index (χ4n) is 1.76. The second-order valence-corrected chi connectivity index (χ2v) is 4.17. The van der Waals surface area contributed by atoms with Crippen molar-refractivity contribution in [3.05, 3.63) is 35.7 Å². The zero-order chi connectivity index (χ0) is 15.2. The maximum atomic E-state index is 5.64. The average Bonchev–Trinajstić information content (AvgIpc) is 2.45. The van der Waals surface area contributed by atoms with Crippen molar-refractivity contribution in [2.75, 3.05) is 18.6 Å². The molecule has 0 atom stereocenters. The quantitative estimate of drug-likeness (QED) is 0.860.